The molecule has 0 amide bonds. The lowest BCUT2D eigenvalue weighted by Crippen LogP contribution is -1.92. The maximum atomic E-state index is 2.41. The van der Waals surface area contributed by atoms with E-state index in [1.54, 1.807) is 0 Å². The van der Waals surface area contributed by atoms with Crippen LogP contribution in [0.25, 0.3) is 64.7 Å². The Kier molecular flexibility index (Phi) is 5.73. The molecule has 7 aromatic rings. The second-order valence-electron chi connectivity index (χ2n) is 9.82. The van der Waals surface area contributed by atoms with Crippen molar-refractivity contribution in [3.8, 4) is 43.1 Å². The van der Waals surface area contributed by atoms with Crippen LogP contribution >= 0.6 is 22.7 Å². The Bertz CT molecular complexity index is 1780. The van der Waals surface area contributed by atoms with E-state index in [-0.39, 0.29) is 0 Å². The van der Waals surface area contributed by atoms with Crippen molar-refractivity contribution in [1.82, 2.24) is 0 Å². The molecule has 0 nitrogen and oxygen atoms in total. The van der Waals surface area contributed by atoms with Crippen LogP contribution < -0.4 is 0 Å². The van der Waals surface area contributed by atoms with E-state index in [1.807, 2.05) is 22.7 Å². The molecule has 0 aliphatic rings. The van der Waals surface area contributed by atoms with Gasteiger partial charge in [0.05, 0.1) is 0 Å². The van der Waals surface area contributed by atoms with Gasteiger partial charge in [0, 0.05) is 19.5 Å². The summed E-state index contributed by atoms with van der Waals surface area (Å²) in [7, 11) is 0. The third kappa shape index (κ3) is 3.98. The first-order chi connectivity index (χ1) is 18.7. The summed E-state index contributed by atoms with van der Waals surface area (Å²) in [5, 5.41) is 5.19. The molecule has 0 aliphatic heterocycles. The smallest absolute Gasteiger partial charge is 0.0345 e. The van der Waals surface area contributed by atoms with Gasteiger partial charge in [-0.25, -0.2) is 0 Å². The van der Waals surface area contributed by atoms with Gasteiger partial charge in [0.2, 0.25) is 0 Å². The van der Waals surface area contributed by atoms with Crippen LogP contribution in [0.1, 0.15) is 9.75 Å². The average Bonchev–Trinajstić information content (AvgIpc) is 3.60. The highest BCUT2D eigenvalue weighted by Crippen LogP contribution is 2.47. The molecular weight excluding hydrogens is 497 g/mol. The van der Waals surface area contributed by atoms with Gasteiger partial charge >= 0.3 is 0 Å². The molecule has 2 heterocycles. The lowest BCUT2D eigenvalue weighted by molar-refractivity contribution is 1.62. The third-order valence-electron chi connectivity index (χ3n) is 7.29. The molecule has 2 aromatic heterocycles. The Morgan fingerprint density at radius 2 is 0.789 bits per heavy atom. The molecule has 7 rings (SSSR count). The molecule has 0 bridgehead atoms. The molecule has 0 N–H and O–H groups in total. The standard InChI is InChI=1S/C36H26S2/c1-23-13-19-33(37-23)27-15-17-29-30-18-16-28(34-20-14-24(2)38-34)22-32(30)36(26-11-7-4-8-12-26)35(31(29)21-27)25-9-5-3-6-10-25/h3-22H,1-2H3. The van der Waals surface area contributed by atoms with E-state index in [1.165, 1.54) is 74.4 Å². The predicted octanol–water partition coefficient (Wildman–Crippen LogP) is 11.4. The molecule has 0 fully saturated rings. The van der Waals surface area contributed by atoms with Crippen molar-refractivity contribution in [2.45, 2.75) is 13.8 Å². The van der Waals surface area contributed by atoms with Crippen molar-refractivity contribution in [3.05, 3.63) is 131 Å². The Balaban J connectivity index is 1.65. The lowest BCUT2D eigenvalue weighted by Gasteiger charge is -2.20. The van der Waals surface area contributed by atoms with Crippen LogP contribution in [-0.4, -0.2) is 0 Å². The normalized spacial score (nSPS) is 11.4. The largest absolute Gasteiger partial charge is 0.141 e. The van der Waals surface area contributed by atoms with Gasteiger partial charge in [0.25, 0.3) is 0 Å². The van der Waals surface area contributed by atoms with E-state index < -0.39 is 0 Å². The highest BCUT2D eigenvalue weighted by atomic mass is 32.1. The van der Waals surface area contributed by atoms with Gasteiger partial charge in [-0.2, -0.15) is 0 Å². The van der Waals surface area contributed by atoms with Crippen molar-refractivity contribution < 1.29 is 0 Å². The number of hydrogen-bond donors (Lipinski definition) is 0. The predicted molar refractivity (Wildman–Crippen MR) is 168 cm³/mol. The molecule has 0 saturated carbocycles. The van der Waals surface area contributed by atoms with E-state index in [0.29, 0.717) is 0 Å². The number of rotatable bonds is 4. The van der Waals surface area contributed by atoms with Crippen LogP contribution in [0, 0.1) is 13.8 Å². The molecule has 0 spiro atoms. The first-order valence-electron chi connectivity index (χ1n) is 12.9. The monoisotopic (exact) mass is 522 g/mol. The SMILES string of the molecule is Cc1ccc(-c2ccc3c(c2)c(-c2ccccc2)c(-c2ccccc2)c2cc(-c4ccc(C)s4)ccc23)s1. The summed E-state index contributed by atoms with van der Waals surface area (Å²) in [6.45, 7) is 4.36. The first-order valence-corrected chi connectivity index (χ1v) is 14.6. The highest BCUT2D eigenvalue weighted by molar-refractivity contribution is 7.15. The Labute approximate surface area is 231 Å². The van der Waals surface area contributed by atoms with E-state index >= 15 is 0 Å². The zero-order valence-corrected chi connectivity index (χ0v) is 23.0. The van der Waals surface area contributed by atoms with Gasteiger partial charge in [-0.3, -0.25) is 0 Å². The Morgan fingerprint density at radius 3 is 1.16 bits per heavy atom. The molecule has 0 unspecified atom stereocenters. The Hall–Kier alpha value is -3.98. The summed E-state index contributed by atoms with van der Waals surface area (Å²) in [4.78, 5) is 5.30. The molecule has 0 radical (unpaired) electrons. The second kappa shape index (κ2) is 9.40. The number of hydrogen-bond acceptors (Lipinski definition) is 2. The fourth-order valence-corrected chi connectivity index (χ4v) is 7.26. The number of aryl methyl sites for hydroxylation is 2. The van der Waals surface area contributed by atoms with Crippen LogP contribution in [0.15, 0.2) is 121 Å². The van der Waals surface area contributed by atoms with Gasteiger partial charge in [0.1, 0.15) is 0 Å². The molecule has 182 valence electrons. The van der Waals surface area contributed by atoms with Crippen LogP contribution in [0.4, 0.5) is 0 Å². The van der Waals surface area contributed by atoms with Crippen molar-refractivity contribution in [3.63, 3.8) is 0 Å². The topological polar surface area (TPSA) is 0 Å². The molecule has 0 saturated heterocycles. The molecule has 0 aliphatic carbocycles. The number of thiophene rings is 2. The van der Waals surface area contributed by atoms with Gasteiger partial charge < -0.3 is 0 Å². The molecule has 38 heavy (non-hydrogen) atoms. The van der Waals surface area contributed by atoms with Crippen molar-refractivity contribution in [1.29, 1.82) is 0 Å². The summed E-state index contributed by atoms with van der Waals surface area (Å²) in [6.07, 6.45) is 0. The first kappa shape index (κ1) is 23.2. The number of fused-ring (bicyclic) bond motifs is 3. The minimum atomic E-state index is 1.25. The van der Waals surface area contributed by atoms with Crippen LogP contribution in [0.5, 0.6) is 0 Å². The summed E-state index contributed by atoms with van der Waals surface area (Å²) in [5.74, 6) is 0. The zero-order valence-electron chi connectivity index (χ0n) is 21.4. The molecular formula is C36H26S2. The van der Waals surface area contributed by atoms with Crippen molar-refractivity contribution in [2.75, 3.05) is 0 Å². The summed E-state index contributed by atoms with van der Waals surface area (Å²) in [5.41, 5.74) is 7.64. The van der Waals surface area contributed by atoms with E-state index in [4.69, 9.17) is 0 Å². The fraction of sp³-hybridized carbons (Fsp3) is 0.0556. The van der Waals surface area contributed by atoms with Crippen molar-refractivity contribution in [2.24, 2.45) is 0 Å². The summed E-state index contributed by atoms with van der Waals surface area (Å²) < 4.78 is 0. The molecule has 2 heteroatoms. The van der Waals surface area contributed by atoms with Gasteiger partial charge in [-0.15, -0.1) is 22.7 Å². The number of benzene rings is 5. The van der Waals surface area contributed by atoms with E-state index in [9.17, 15) is 0 Å². The molecule has 0 atom stereocenters. The van der Waals surface area contributed by atoms with Crippen LogP contribution in [0.3, 0.4) is 0 Å². The summed E-state index contributed by atoms with van der Waals surface area (Å²) in [6, 6.07) is 44.8. The second-order valence-corrected chi connectivity index (χ2v) is 12.4. The third-order valence-corrected chi connectivity index (χ3v) is 9.39. The maximum Gasteiger partial charge on any atom is 0.0345 e. The minimum Gasteiger partial charge on any atom is -0.141 e. The fourth-order valence-electron chi connectivity index (χ4n) is 5.54. The van der Waals surface area contributed by atoms with Crippen LogP contribution in [-0.2, 0) is 0 Å². The highest BCUT2D eigenvalue weighted by Gasteiger charge is 2.19. The van der Waals surface area contributed by atoms with Crippen molar-refractivity contribution >= 4 is 44.2 Å². The van der Waals surface area contributed by atoms with Gasteiger partial charge in [-0.1, -0.05) is 84.9 Å². The Morgan fingerprint density at radius 1 is 0.368 bits per heavy atom. The van der Waals surface area contributed by atoms with E-state index in [2.05, 4.69) is 135 Å². The average molecular weight is 523 g/mol. The summed E-state index contributed by atoms with van der Waals surface area (Å²) >= 11 is 3.72. The minimum absolute atomic E-state index is 1.25. The van der Waals surface area contributed by atoms with Gasteiger partial charge in [0.15, 0.2) is 0 Å². The van der Waals surface area contributed by atoms with Gasteiger partial charge in [-0.05, 0) is 105 Å². The quantitative estimate of drug-likeness (QED) is 0.202. The zero-order chi connectivity index (χ0) is 25.6. The maximum absolute atomic E-state index is 2.41. The van der Waals surface area contributed by atoms with E-state index in [0.717, 1.165) is 0 Å². The lowest BCUT2D eigenvalue weighted by atomic mass is 9.84. The van der Waals surface area contributed by atoms with Crippen LogP contribution in [0.2, 0.25) is 0 Å². The molecule has 5 aromatic carbocycles.